The third kappa shape index (κ3) is 4.68. The SMILES string of the molecule is O=C(NCC(F)(F)F)C1CCCN1C(=O)NC(c1ccccc1)C1CC1. The second-order valence-corrected chi connectivity index (χ2v) is 6.86. The average molecular weight is 369 g/mol. The number of carbonyl (C=O) groups is 2. The normalized spacial score (nSPS) is 21.3. The second kappa shape index (κ2) is 7.55. The quantitative estimate of drug-likeness (QED) is 0.838. The van der Waals surface area contributed by atoms with Gasteiger partial charge in [-0.25, -0.2) is 4.79 Å². The first-order valence-corrected chi connectivity index (χ1v) is 8.82. The zero-order valence-electron chi connectivity index (χ0n) is 14.3. The fraction of sp³-hybridized carbons (Fsp3) is 0.556. The molecule has 1 aromatic rings. The lowest BCUT2D eigenvalue weighted by molar-refractivity contribution is -0.140. The van der Waals surface area contributed by atoms with Crippen LogP contribution in [0.2, 0.25) is 0 Å². The van der Waals surface area contributed by atoms with Crippen LogP contribution in [0.25, 0.3) is 0 Å². The van der Waals surface area contributed by atoms with E-state index in [-0.39, 0.29) is 6.04 Å². The van der Waals surface area contributed by atoms with E-state index in [1.807, 2.05) is 35.6 Å². The number of halogens is 3. The Kier molecular flexibility index (Phi) is 5.38. The van der Waals surface area contributed by atoms with Crippen LogP contribution < -0.4 is 10.6 Å². The average Bonchev–Trinajstić information content (AvgIpc) is 3.32. The molecule has 1 heterocycles. The summed E-state index contributed by atoms with van der Waals surface area (Å²) in [6.45, 7) is -1.02. The van der Waals surface area contributed by atoms with Gasteiger partial charge in [0.1, 0.15) is 12.6 Å². The van der Waals surface area contributed by atoms with Gasteiger partial charge >= 0.3 is 12.2 Å². The molecule has 0 spiro atoms. The topological polar surface area (TPSA) is 61.4 Å². The van der Waals surface area contributed by atoms with Crippen molar-refractivity contribution in [3.8, 4) is 0 Å². The molecule has 142 valence electrons. The maximum absolute atomic E-state index is 12.7. The fourth-order valence-corrected chi connectivity index (χ4v) is 3.37. The molecule has 0 bridgehead atoms. The number of carbonyl (C=O) groups excluding carboxylic acids is 2. The monoisotopic (exact) mass is 369 g/mol. The first kappa shape index (κ1) is 18.5. The van der Waals surface area contributed by atoms with Crippen molar-refractivity contribution in [1.82, 2.24) is 15.5 Å². The minimum Gasteiger partial charge on any atom is -0.345 e. The van der Waals surface area contributed by atoms with Gasteiger partial charge in [-0.2, -0.15) is 13.2 Å². The number of amides is 3. The summed E-state index contributed by atoms with van der Waals surface area (Å²) in [7, 11) is 0. The minimum atomic E-state index is -4.47. The van der Waals surface area contributed by atoms with Gasteiger partial charge in [-0.05, 0) is 37.2 Å². The summed E-state index contributed by atoms with van der Waals surface area (Å²) in [6, 6.07) is 8.21. The van der Waals surface area contributed by atoms with Gasteiger partial charge in [0.15, 0.2) is 0 Å². The van der Waals surface area contributed by atoms with E-state index in [1.54, 1.807) is 0 Å². The number of rotatable bonds is 5. The molecule has 3 amide bonds. The van der Waals surface area contributed by atoms with Crippen LogP contribution in [0.4, 0.5) is 18.0 Å². The largest absolute Gasteiger partial charge is 0.405 e. The lowest BCUT2D eigenvalue weighted by Crippen LogP contribution is -2.51. The molecule has 0 radical (unpaired) electrons. The molecule has 2 aliphatic rings. The zero-order valence-corrected chi connectivity index (χ0v) is 14.3. The number of benzene rings is 1. The summed E-state index contributed by atoms with van der Waals surface area (Å²) in [5, 5.41) is 4.86. The van der Waals surface area contributed by atoms with Crippen LogP contribution in [-0.2, 0) is 4.79 Å². The number of hydrogen-bond acceptors (Lipinski definition) is 2. The Morgan fingerprint density at radius 1 is 1.15 bits per heavy atom. The van der Waals surface area contributed by atoms with Gasteiger partial charge in [0.05, 0.1) is 6.04 Å². The molecule has 2 N–H and O–H groups in total. The molecule has 1 saturated carbocycles. The van der Waals surface area contributed by atoms with Crippen LogP contribution in [0.3, 0.4) is 0 Å². The highest BCUT2D eigenvalue weighted by atomic mass is 19.4. The second-order valence-electron chi connectivity index (χ2n) is 6.86. The van der Waals surface area contributed by atoms with Gasteiger partial charge in [0.2, 0.25) is 5.91 Å². The summed E-state index contributed by atoms with van der Waals surface area (Å²) in [5.41, 5.74) is 1.00. The molecule has 1 aliphatic heterocycles. The van der Waals surface area contributed by atoms with Gasteiger partial charge < -0.3 is 15.5 Å². The Hall–Kier alpha value is -2.25. The van der Waals surface area contributed by atoms with Gasteiger partial charge in [-0.15, -0.1) is 0 Å². The van der Waals surface area contributed by atoms with E-state index >= 15 is 0 Å². The lowest BCUT2D eigenvalue weighted by atomic mass is 10.0. The lowest BCUT2D eigenvalue weighted by Gasteiger charge is -2.27. The molecule has 0 aromatic heterocycles. The minimum absolute atomic E-state index is 0.136. The van der Waals surface area contributed by atoms with E-state index in [0.717, 1.165) is 18.4 Å². The first-order chi connectivity index (χ1) is 12.3. The number of likely N-dealkylation sites (tertiary alicyclic amines) is 1. The maximum Gasteiger partial charge on any atom is 0.405 e. The van der Waals surface area contributed by atoms with Crippen molar-refractivity contribution in [2.75, 3.05) is 13.1 Å². The number of nitrogens with zero attached hydrogens (tertiary/aromatic N) is 1. The number of nitrogens with one attached hydrogen (secondary N) is 2. The van der Waals surface area contributed by atoms with Crippen molar-refractivity contribution < 1.29 is 22.8 Å². The molecule has 1 aromatic carbocycles. The first-order valence-electron chi connectivity index (χ1n) is 8.82. The van der Waals surface area contributed by atoms with E-state index in [4.69, 9.17) is 0 Å². The standard InChI is InChI=1S/C18H22F3N3O2/c19-18(20,21)11-22-16(25)14-7-4-10-24(14)17(26)23-15(13-8-9-13)12-5-2-1-3-6-12/h1-3,5-6,13-15H,4,7-11H2,(H,22,25)(H,23,26). The molecule has 5 nitrogen and oxygen atoms in total. The Balaban J connectivity index is 1.63. The number of hydrogen-bond donors (Lipinski definition) is 2. The highest BCUT2D eigenvalue weighted by Crippen LogP contribution is 2.41. The van der Waals surface area contributed by atoms with Crippen LogP contribution in [0.15, 0.2) is 30.3 Å². The van der Waals surface area contributed by atoms with Gasteiger partial charge in [-0.1, -0.05) is 30.3 Å². The Bertz CT molecular complexity index is 647. The van der Waals surface area contributed by atoms with Gasteiger partial charge in [0.25, 0.3) is 0 Å². The molecule has 2 unspecified atom stereocenters. The van der Waals surface area contributed by atoms with Crippen molar-refractivity contribution >= 4 is 11.9 Å². The van der Waals surface area contributed by atoms with Crippen molar-refractivity contribution in [3.63, 3.8) is 0 Å². The van der Waals surface area contributed by atoms with Crippen LogP contribution in [-0.4, -0.2) is 42.1 Å². The highest BCUT2D eigenvalue weighted by molar-refractivity contribution is 5.87. The number of urea groups is 1. The van der Waals surface area contributed by atoms with Gasteiger partial charge in [-0.3, -0.25) is 4.79 Å². The summed E-state index contributed by atoms with van der Waals surface area (Å²) in [5.74, 6) is -0.390. The van der Waals surface area contributed by atoms with E-state index < -0.39 is 30.7 Å². The van der Waals surface area contributed by atoms with Crippen molar-refractivity contribution in [2.45, 2.75) is 43.9 Å². The molecule has 1 saturated heterocycles. The summed E-state index contributed by atoms with van der Waals surface area (Å²) >= 11 is 0. The third-order valence-electron chi connectivity index (χ3n) is 4.81. The molecule has 2 fully saturated rings. The van der Waals surface area contributed by atoms with E-state index in [9.17, 15) is 22.8 Å². The van der Waals surface area contributed by atoms with Crippen molar-refractivity contribution in [3.05, 3.63) is 35.9 Å². The summed E-state index contributed by atoms with van der Waals surface area (Å²) < 4.78 is 36.9. The number of alkyl halides is 3. The third-order valence-corrected chi connectivity index (χ3v) is 4.81. The predicted octanol–water partition coefficient (Wildman–Crippen LogP) is 2.99. The Morgan fingerprint density at radius 3 is 2.46 bits per heavy atom. The van der Waals surface area contributed by atoms with E-state index in [1.165, 1.54) is 4.90 Å². The fourth-order valence-electron chi connectivity index (χ4n) is 3.37. The van der Waals surface area contributed by atoms with Crippen LogP contribution in [0.1, 0.15) is 37.3 Å². The Morgan fingerprint density at radius 2 is 1.85 bits per heavy atom. The summed E-state index contributed by atoms with van der Waals surface area (Å²) in [6.07, 6.45) is -1.45. The smallest absolute Gasteiger partial charge is 0.345 e. The predicted molar refractivity (Wildman–Crippen MR) is 89.2 cm³/mol. The van der Waals surface area contributed by atoms with Crippen molar-refractivity contribution in [2.24, 2.45) is 5.92 Å². The van der Waals surface area contributed by atoms with Crippen LogP contribution in [0, 0.1) is 5.92 Å². The molecule has 1 aliphatic carbocycles. The molecular formula is C18H22F3N3O2. The van der Waals surface area contributed by atoms with Crippen LogP contribution in [0.5, 0.6) is 0 Å². The molecule has 26 heavy (non-hydrogen) atoms. The maximum atomic E-state index is 12.7. The zero-order chi connectivity index (χ0) is 18.7. The van der Waals surface area contributed by atoms with Crippen LogP contribution >= 0.6 is 0 Å². The van der Waals surface area contributed by atoms with Crippen molar-refractivity contribution in [1.29, 1.82) is 0 Å². The molecule has 3 rings (SSSR count). The van der Waals surface area contributed by atoms with Gasteiger partial charge in [0, 0.05) is 6.54 Å². The Labute approximate surface area is 149 Å². The molecule has 2 atom stereocenters. The molecular weight excluding hydrogens is 347 g/mol. The van der Waals surface area contributed by atoms with E-state index in [2.05, 4.69) is 5.32 Å². The summed E-state index contributed by atoms with van der Waals surface area (Å²) in [4.78, 5) is 26.1. The highest BCUT2D eigenvalue weighted by Gasteiger charge is 2.39. The molecule has 8 heteroatoms. The van der Waals surface area contributed by atoms with E-state index in [0.29, 0.717) is 25.3 Å².